The number of nitrogens with two attached hydrogens (primary N) is 1. The van der Waals surface area contributed by atoms with Crippen LogP contribution >= 0.6 is 28.3 Å². The Balaban J connectivity index is 0.00000261. The number of rotatable bonds is 7. The topological polar surface area (TPSA) is 85.3 Å². The molecule has 0 fully saturated rings. The van der Waals surface area contributed by atoms with Crippen LogP contribution in [0.15, 0.2) is 74.4 Å². The van der Waals surface area contributed by atoms with E-state index in [4.69, 9.17) is 9.56 Å². The lowest BCUT2D eigenvalue weighted by Crippen LogP contribution is -2.16. The van der Waals surface area contributed by atoms with Crippen molar-refractivity contribution in [3.63, 3.8) is 0 Å². The van der Waals surface area contributed by atoms with Crippen molar-refractivity contribution in [2.45, 2.75) is 17.9 Å². The Morgan fingerprint density at radius 1 is 0.963 bits per heavy atom. The van der Waals surface area contributed by atoms with Gasteiger partial charge in [-0.15, -0.1) is 12.4 Å². The maximum Gasteiger partial charge on any atom is 0.238 e. The van der Waals surface area contributed by atoms with E-state index in [1.807, 2.05) is 36.4 Å². The van der Waals surface area contributed by atoms with Crippen LogP contribution in [-0.4, -0.2) is 15.0 Å². The van der Waals surface area contributed by atoms with Gasteiger partial charge in [-0.25, -0.2) is 13.6 Å². The van der Waals surface area contributed by atoms with Crippen LogP contribution in [0.25, 0.3) is 11.3 Å². The highest BCUT2D eigenvalue weighted by molar-refractivity contribution is 9.10. The van der Waals surface area contributed by atoms with Crippen LogP contribution in [0.1, 0.15) is 11.3 Å². The van der Waals surface area contributed by atoms with Crippen LogP contribution in [0, 0.1) is 0 Å². The summed E-state index contributed by atoms with van der Waals surface area (Å²) in [5.74, 6) is 1.71. The van der Waals surface area contributed by atoms with Crippen molar-refractivity contribution in [1.82, 2.24) is 5.32 Å². The first-order chi connectivity index (χ1) is 12.4. The Kier molecular flexibility index (Phi) is 7.64. The molecule has 0 bridgehead atoms. The number of sulfonamides is 1. The first kappa shape index (κ1) is 21.7. The standard InChI is InChI=1S/C19H19BrN2O3S.ClH/c20-16-5-3-15(4-6-16)19-10-7-17(25-19)13-22-12-11-14-1-8-18(9-2-14)26(21,23)24;/h1-10,22H,11-13H2,(H2,21,23,24);1H. The zero-order valence-corrected chi connectivity index (χ0v) is 17.6. The van der Waals surface area contributed by atoms with Gasteiger partial charge in [0.1, 0.15) is 11.5 Å². The minimum absolute atomic E-state index is 0. The van der Waals surface area contributed by atoms with Crippen molar-refractivity contribution >= 4 is 38.4 Å². The summed E-state index contributed by atoms with van der Waals surface area (Å²) >= 11 is 3.42. The zero-order chi connectivity index (χ0) is 18.6. The fourth-order valence-electron chi connectivity index (χ4n) is 2.53. The molecule has 3 N–H and O–H groups in total. The van der Waals surface area contributed by atoms with Gasteiger partial charge in [0.05, 0.1) is 11.4 Å². The smallest absolute Gasteiger partial charge is 0.238 e. The summed E-state index contributed by atoms with van der Waals surface area (Å²) in [7, 11) is -3.63. The number of primary sulfonamides is 1. The predicted octanol–water partition coefficient (Wildman–Crippen LogP) is 4.11. The molecule has 0 aliphatic heterocycles. The first-order valence-corrected chi connectivity index (χ1v) is 10.4. The summed E-state index contributed by atoms with van der Waals surface area (Å²) in [5.41, 5.74) is 2.08. The Morgan fingerprint density at radius 3 is 2.26 bits per heavy atom. The fourth-order valence-corrected chi connectivity index (χ4v) is 3.31. The first-order valence-electron chi connectivity index (χ1n) is 8.09. The SMILES string of the molecule is Cl.NS(=O)(=O)c1ccc(CCNCc2ccc(-c3ccc(Br)cc3)o2)cc1. The third kappa shape index (κ3) is 6.19. The van der Waals surface area contributed by atoms with E-state index in [1.165, 1.54) is 12.1 Å². The number of hydrogen-bond acceptors (Lipinski definition) is 4. The molecule has 8 heteroatoms. The van der Waals surface area contributed by atoms with Gasteiger partial charge in [-0.05, 0) is 54.9 Å². The summed E-state index contributed by atoms with van der Waals surface area (Å²) < 4.78 is 29.4. The minimum atomic E-state index is -3.63. The number of benzene rings is 2. The second-order valence-electron chi connectivity index (χ2n) is 5.89. The third-order valence-corrected chi connectivity index (χ3v) is 5.39. The van der Waals surface area contributed by atoms with Crippen molar-refractivity contribution in [3.8, 4) is 11.3 Å². The van der Waals surface area contributed by atoms with Gasteiger partial charge in [0.25, 0.3) is 0 Å². The van der Waals surface area contributed by atoms with Crippen LogP contribution in [0.3, 0.4) is 0 Å². The highest BCUT2D eigenvalue weighted by atomic mass is 79.9. The van der Waals surface area contributed by atoms with E-state index in [-0.39, 0.29) is 17.3 Å². The maximum atomic E-state index is 11.2. The van der Waals surface area contributed by atoms with Gasteiger partial charge in [0.15, 0.2) is 0 Å². The molecule has 3 rings (SSSR count). The minimum Gasteiger partial charge on any atom is -0.460 e. The van der Waals surface area contributed by atoms with E-state index in [0.717, 1.165) is 40.1 Å². The van der Waals surface area contributed by atoms with Crippen LogP contribution in [-0.2, 0) is 23.0 Å². The highest BCUT2D eigenvalue weighted by Gasteiger charge is 2.07. The van der Waals surface area contributed by atoms with Crippen LogP contribution in [0.2, 0.25) is 0 Å². The summed E-state index contributed by atoms with van der Waals surface area (Å²) in [6.45, 7) is 1.38. The van der Waals surface area contributed by atoms with Gasteiger partial charge < -0.3 is 9.73 Å². The Labute approximate surface area is 173 Å². The molecule has 1 heterocycles. The van der Waals surface area contributed by atoms with Crippen molar-refractivity contribution < 1.29 is 12.8 Å². The molecule has 0 aliphatic carbocycles. The predicted molar refractivity (Wildman–Crippen MR) is 112 cm³/mol. The number of halogens is 2. The third-order valence-electron chi connectivity index (χ3n) is 3.93. The van der Waals surface area contributed by atoms with E-state index in [2.05, 4.69) is 21.2 Å². The Bertz CT molecular complexity index is 971. The molecule has 1 aromatic heterocycles. The molecule has 2 aromatic carbocycles. The second kappa shape index (κ2) is 9.52. The van der Waals surface area contributed by atoms with Crippen LogP contribution < -0.4 is 10.5 Å². The van der Waals surface area contributed by atoms with E-state index >= 15 is 0 Å². The van der Waals surface area contributed by atoms with E-state index in [0.29, 0.717) is 6.54 Å². The molecule has 0 atom stereocenters. The quantitative estimate of drug-likeness (QED) is 0.508. The summed E-state index contributed by atoms with van der Waals surface area (Å²) in [6.07, 6.45) is 0.783. The molecule has 0 amide bonds. The number of nitrogens with one attached hydrogen (secondary N) is 1. The fraction of sp³-hybridized carbons (Fsp3) is 0.158. The monoisotopic (exact) mass is 470 g/mol. The lowest BCUT2D eigenvalue weighted by molar-refractivity contribution is 0.494. The summed E-state index contributed by atoms with van der Waals surface area (Å²) in [4.78, 5) is 0.130. The molecular formula is C19H20BrClN2O3S. The molecule has 0 spiro atoms. The molecule has 0 aliphatic rings. The van der Waals surface area contributed by atoms with Crippen molar-refractivity contribution in [2.75, 3.05) is 6.54 Å². The zero-order valence-electron chi connectivity index (χ0n) is 14.4. The van der Waals surface area contributed by atoms with Gasteiger partial charge in [-0.1, -0.05) is 40.2 Å². The number of furan rings is 1. The number of hydrogen-bond donors (Lipinski definition) is 2. The van der Waals surface area contributed by atoms with Crippen molar-refractivity contribution in [3.05, 3.63) is 76.5 Å². The van der Waals surface area contributed by atoms with Gasteiger partial charge in [0.2, 0.25) is 10.0 Å². The lowest BCUT2D eigenvalue weighted by atomic mass is 10.1. The molecule has 0 radical (unpaired) electrons. The molecule has 144 valence electrons. The normalized spacial score (nSPS) is 11.2. The maximum absolute atomic E-state index is 11.2. The van der Waals surface area contributed by atoms with Crippen molar-refractivity contribution in [2.24, 2.45) is 5.14 Å². The van der Waals surface area contributed by atoms with Gasteiger partial charge >= 0.3 is 0 Å². The Hall–Kier alpha value is -1.64. The van der Waals surface area contributed by atoms with Gasteiger partial charge in [0, 0.05) is 10.0 Å². The highest BCUT2D eigenvalue weighted by Crippen LogP contribution is 2.23. The van der Waals surface area contributed by atoms with Gasteiger partial charge in [-0.2, -0.15) is 0 Å². The molecule has 0 saturated carbocycles. The van der Waals surface area contributed by atoms with E-state index in [1.54, 1.807) is 12.1 Å². The molecule has 3 aromatic rings. The summed E-state index contributed by atoms with van der Waals surface area (Å²) in [5, 5.41) is 8.42. The molecule has 0 unspecified atom stereocenters. The van der Waals surface area contributed by atoms with E-state index in [9.17, 15) is 8.42 Å². The Morgan fingerprint density at radius 2 is 1.63 bits per heavy atom. The molecule has 27 heavy (non-hydrogen) atoms. The van der Waals surface area contributed by atoms with Gasteiger partial charge in [-0.3, -0.25) is 0 Å². The summed E-state index contributed by atoms with van der Waals surface area (Å²) in [6, 6.07) is 18.5. The van der Waals surface area contributed by atoms with Crippen molar-refractivity contribution in [1.29, 1.82) is 0 Å². The molecular weight excluding hydrogens is 452 g/mol. The lowest BCUT2D eigenvalue weighted by Gasteiger charge is -2.05. The second-order valence-corrected chi connectivity index (χ2v) is 8.37. The average Bonchev–Trinajstić information content (AvgIpc) is 3.08. The van der Waals surface area contributed by atoms with Crippen LogP contribution in [0.4, 0.5) is 0 Å². The van der Waals surface area contributed by atoms with E-state index < -0.39 is 10.0 Å². The molecule has 5 nitrogen and oxygen atoms in total. The van der Waals surface area contributed by atoms with Crippen LogP contribution in [0.5, 0.6) is 0 Å². The average molecular weight is 472 g/mol. The largest absolute Gasteiger partial charge is 0.460 e. The molecule has 0 saturated heterocycles.